The fourth-order valence-corrected chi connectivity index (χ4v) is 2.69. The first-order valence-corrected chi connectivity index (χ1v) is 7.72. The molecule has 1 aromatic rings. The molecule has 1 saturated carbocycles. The summed E-state index contributed by atoms with van der Waals surface area (Å²) in [5.74, 6) is 1.52. The van der Waals surface area contributed by atoms with Gasteiger partial charge >= 0.3 is 0 Å². The van der Waals surface area contributed by atoms with Crippen molar-refractivity contribution >= 4 is 17.3 Å². The van der Waals surface area contributed by atoms with Gasteiger partial charge in [0, 0.05) is 17.5 Å². The van der Waals surface area contributed by atoms with Crippen LogP contribution in [0.2, 0.25) is 0 Å². The monoisotopic (exact) mass is 281 g/mol. The summed E-state index contributed by atoms with van der Waals surface area (Å²) in [7, 11) is 0. The quantitative estimate of drug-likeness (QED) is 0.571. The molecule has 1 fully saturated rings. The molecule has 3 N–H and O–H groups in total. The summed E-state index contributed by atoms with van der Waals surface area (Å²) in [5.41, 5.74) is -0.897. The normalized spacial score (nSPS) is 25.8. The maximum Gasteiger partial charge on any atom is 0.191 e. The smallest absolute Gasteiger partial charge is 0.191 e. The van der Waals surface area contributed by atoms with E-state index >= 15 is 0 Å². The molecule has 0 aliphatic heterocycles. The molecule has 0 amide bonds. The predicted molar refractivity (Wildman–Crippen MR) is 80.6 cm³/mol. The van der Waals surface area contributed by atoms with Gasteiger partial charge in [-0.3, -0.25) is 0 Å². The van der Waals surface area contributed by atoms with Gasteiger partial charge in [-0.2, -0.15) is 0 Å². The minimum atomic E-state index is -0.897. The first kappa shape index (κ1) is 14.3. The maximum atomic E-state index is 10.4. The Bertz CT molecular complexity index is 428. The number of aliphatic imine (C=N–C) groups is 1. The van der Waals surface area contributed by atoms with Gasteiger partial charge in [-0.25, -0.2) is 4.99 Å². The van der Waals surface area contributed by atoms with E-state index < -0.39 is 5.60 Å². The van der Waals surface area contributed by atoms with E-state index in [0.29, 0.717) is 12.6 Å². The van der Waals surface area contributed by atoms with Crippen molar-refractivity contribution in [3.63, 3.8) is 0 Å². The van der Waals surface area contributed by atoms with Gasteiger partial charge in [0.25, 0.3) is 0 Å². The Morgan fingerprint density at radius 1 is 1.63 bits per heavy atom. The number of rotatable bonds is 5. The van der Waals surface area contributed by atoms with Gasteiger partial charge in [-0.15, -0.1) is 11.3 Å². The highest BCUT2D eigenvalue weighted by atomic mass is 32.1. The van der Waals surface area contributed by atoms with Gasteiger partial charge in [0.2, 0.25) is 0 Å². The molecule has 0 radical (unpaired) electrons. The molecule has 2 rings (SSSR count). The van der Waals surface area contributed by atoms with Crippen molar-refractivity contribution in [1.29, 1.82) is 0 Å². The van der Waals surface area contributed by atoms with Crippen LogP contribution in [0, 0.1) is 5.92 Å². The second-order valence-corrected chi connectivity index (χ2v) is 6.36. The van der Waals surface area contributed by atoms with Crippen LogP contribution in [0.4, 0.5) is 0 Å². The highest BCUT2D eigenvalue weighted by molar-refractivity contribution is 7.10. The fraction of sp³-hybridized carbons (Fsp3) is 0.643. The lowest BCUT2D eigenvalue weighted by Gasteiger charge is -2.20. The van der Waals surface area contributed by atoms with Crippen LogP contribution in [0.1, 0.15) is 32.1 Å². The van der Waals surface area contributed by atoms with Crippen LogP contribution in [0.25, 0.3) is 0 Å². The van der Waals surface area contributed by atoms with E-state index in [0.717, 1.165) is 23.3 Å². The number of hydrogen-bond donors (Lipinski definition) is 3. The fourth-order valence-electron chi connectivity index (χ4n) is 1.91. The standard InChI is InChI=1S/C14H23N3OS/c1-4-15-13(17-11-8-10(11)2)16-9-14(3,18)12-6-5-7-19-12/h5-7,10-11,18H,4,8-9H2,1-3H3,(H2,15,16,17). The summed E-state index contributed by atoms with van der Waals surface area (Å²) < 4.78 is 0. The lowest BCUT2D eigenvalue weighted by molar-refractivity contribution is 0.0711. The zero-order chi connectivity index (χ0) is 13.9. The molecule has 19 heavy (non-hydrogen) atoms. The third-order valence-corrected chi connectivity index (χ3v) is 4.50. The number of nitrogens with one attached hydrogen (secondary N) is 2. The summed E-state index contributed by atoms with van der Waals surface area (Å²) in [4.78, 5) is 5.46. The predicted octanol–water partition coefficient (Wildman–Crippen LogP) is 1.92. The number of aliphatic hydroxyl groups is 1. The average Bonchev–Trinajstić information content (AvgIpc) is 2.86. The van der Waals surface area contributed by atoms with Crippen LogP contribution in [0.5, 0.6) is 0 Å². The Morgan fingerprint density at radius 3 is 2.89 bits per heavy atom. The largest absolute Gasteiger partial charge is 0.383 e. The third-order valence-electron chi connectivity index (χ3n) is 3.37. The second kappa shape index (κ2) is 5.92. The molecular formula is C14H23N3OS. The maximum absolute atomic E-state index is 10.4. The number of thiophene rings is 1. The molecule has 5 heteroatoms. The van der Waals surface area contributed by atoms with E-state index in [2.05, 4.69) is 22.5 Å². The Morgan fingerprint density at radius 2 is 2.37 bits per heavy atom. The first-order valence-electron chi connectivity index (χ1n) is 6.84. The lowest BCUT2D eigenvalue weighted by Crippen LogP contribution is -2.40. The zero-order valence-corrected chi connectivity index (χ0v) is 12.6. The first-order chi connectivity index (χ1) is 9.03. The van der Waals surface area contributed by atoms with Crippen molar-refractivity contribution in [3.8, 4) is 0 Å². The second-order valence-electron chi connectivity index (χ2n) is 5.41. The topological polar surface area (TPSA) is 56.7 Å². The van der Waals surface area contributed by atoms with Crippen molar-refractivity contribution in [2.45, 2.75) is 38.8 Å². The van der Waals surface area contributed by atoms with Gasteiger partial charge in [0.05, 0.1) is 6.54 Å². The van der Waals surface area contributed by atoms with Crippen LogP contribution >= 0.6 is 11.3 Å². The van der Waals surface area contributed by atoms with Gasteiger partial charge < -0.3 is 15.7 Å². The van der Waals surface area contributed by atoms with Crippen molar-refractivity contribution in [2.24, 2.45) is 10.9 Å². The van der Waals surface area contributed by atoms with E-state index in [-0.39, 0.29) is 0 Å². The molecule has 1 aromatic heterocycles. The molecule has 3 atom stereocenters. The number of hydrogen-bond acceptors (Lipinski definition) is 3. The van der Waals surface area contributed by atoms with E-state index in [4.69, 9.17) is 0 Å². The van der Waals surface area contributed by atoms with Crippen molar-refractivity contribution in [2.75, 3.05) is 13.1 Å². The van der Waals surface area contributed by atoms with Gasteiger partial charge in [0.15, 0.2) is 5.96 Å². The molecule has 0 saturated heterocycles. The van der Waals surface area contributed by atoms with Crippen molar-refractivity contribution in [3.05, 3.63) is 22.4 Å². The van der Waals surface area contributed by atoms with Crippen LogP contribution in [0.3, 0.4) is 0 Å². The minimum absolute atomic E-state index is 0.365. The Labute approximate surface area is 119 Å². The van der Waals surface area contributed by atoms with Gasteiger partial charge in [0.1, 0.15) is 5.60 Å². The molecule has 0 aromatic carbocycles. The molecule has 3 unspecified atom stereocenters. The zero-order valence-electron chi connectivity index (χ0n) is 11.8. The summed E-state index contributed by atoms with van der Waals surface area (Å²) in [6.45, 7) is 7.28. The van der Waals surface area contributed by atoms with Gasteiger partial charge in [-0.1, -0.05) is 13.0 Å². The summed E-state index contributed by atoms with van der Waals surface area (Å²) in [5, 5.41) is 19.0. The molecule has 106 valence electrons. The molecule has 4 nitrogen and oxygen atoms in total. The van der Waals surface area contributed by atoms with E-state index in [9.17, 15) is 5.11 Å². The molecule has 1 aliphatic rings. The average molecular weight is 281 g/mol. The number of nitrogens with zero attached hydrogens (tertiary/aromatic N) is 1. The highest BCUT2D eigenvalue weighted by Crippen LogP contribution is 2.29. The SMILES string of the molecule is CCNC(=NCC(C)(O)c1cccs1)NC1CC1C. The van der Waals surface area contributed by atoms with E-state index in [1.54, 1.807) is 11.3 Å². The Hall–Kier alpha value is -1.07. The minimum Gasteiger partial charge on any atom is -0.383 e. The van der Waals surface area contributed by atoms with Crippen LogP contribution in [0.15, 0.2) is 22.5 Å². The molecule has 1 heterocycles. The van der Waals surface area contributed by atoms with Crippen LogP contribution in [-0.4, -0.2) is 30.2 Å². The van der Waals surface area contributed by atoms with E-state index in [1.807, 2.05) is 31.4 Å². The van der Waals surface area contributed by atoms with Crippen LogP contribution < -0.4 is 10.6 Å². The molecular weight excluding hydrogens is 258 g/mol. The Kier molecular flexibility index (Phi) is 4.47. The van der Waals surface area contributed by atoms with Crippen LogP contribution in [-0.2, 0) is 5.60 Å². The molecule has 0 bridgehead atoms. The molecule has 1 aliphatic carbocycles. The lowest BCUT2D eigenvalue weighted by atomic mass is 10.1. The summed E-state index contributed by atoms with van der Waals surface area (Å²) >= 11 is 1.56. The molecule has 0 spiro atoms. The third kappa shape index (κ3) is 3.94. The Balaban J connectivity index is 1.96. The van der Waals surface area contributed by atoms with Gasteiger partial charge in [-0.05, 0) is 37.6 Å². The summed E-state index contributed by atoms with van der Waals surface area (Å²) in [6, 6.07) is 4.43. The number of guanidine groups is 1. The van der Waals surface area contributed by atoms with Crippen molar-refractivity contribution < 1.29 is 5.11 Å². The van der Waals surface area contributed by atoms with Crippen molar-refractivity contribution in [1.82, 2.24) is 10.6 Å². The van der Waals surface area contributed by atoms with E-state index in [1.165, 1.54) is 6.42 Å². The summed E-state index contributed by atoms with van der Waals surface area (Å²) in [6.07, 6.45) is 1.20. The highest BCUT2D eigenvalue weighted by Gasteiger charge is 2.33.